The third-order valence-corrected chi connectivity index (χ3v) is 3.83. The van der Waals surface area contributed by atoms with Crippen molar-refractivity contribution in [1.82, 2.24) is 5.32 Å². The molecule has 0 aliphatic heterocycles. The molecule has 0 aliphatic carbocycles. The number of thiophene rings is 1. The molecule has 0 aromatic carbocycles. The van der Waals surface area contributed by atoms with Gasteiger partial charge >= 0.3 is 0 Å². The summed E-state index contributed by atoms with van der Waals surface area (Å²) in [6.07, 6.45) is 4.96. The lowest BCUT2D eigenvalue weighted by Crippen LogP contribution is -2.48. The summed E-state index contributed by atoms with van der Waals surface area (Å²) in [5.74, 6) is 0.113. The minimum Gasteiger partial charge on any atom is -0.350 e. The largest absolute Gasteiger partial charge is 0.350 e. The number of nitrogens with one attached hydrogen (secondary N) is 1. The molecule has 1 aromatic heterocycles. The van der Waals surface area contributed by atoms with Crippen LogP contribution in [0.3, 0.4) is 0 Å². The number of hydrogen-bond acceptors (Lipinski definition) is 3. The van der Waals surface area contributed by atoms with Gasteiger partial charge < -0.3 is 11.1 Å². The second-order valence-corrected chi connectivity index (χ2v) is 6.31. The highest BCUT2D eigenvalue weighted by Crippen LogP contribution is 2.13. The van der Waals surface area contributed by atoms with Gasteiger partial charge in [0.25, 0.3) is 0 Å². The number of unbranched alkanes of at least 4 members (excludes halogenated alkanes) is 2. The van der Waals surface area contributed by atoms with Gasteiger partial charge in [-0.1, -0.05) is 12.5 Å². The predicted octanol–water partition coefficient (Wildman–Crippen LogP) is 2.70. The smallest absolute Gasteiger partial charge is 0.220 e. The first-order chi connectivity index (χ1) is 8.53. The van der Waals surface area contributed by atoms with Gasteiger partial charge in [0.15, 0.2) is 0 Å². The van der Waals surface area contributed by atoms with Crippen LogP contribution in [0.15, 0.2) is 17.5 Å². The van der Waals surface area contributed by atoms with E-state index < -0.39 is 0 Å². The van der Waals surface area contributed by atoms with Crippen LogP contribution < -0.4 is 11.1 Å². The summed E-state index contributed by atoms with van der Waals surface area (Å²) in [5, 5.41) is 5.06. The van der Waals surface area contributed by atoms with Crippen LogP contribution >= 0.6 is 11.3 Å². The van der Waals surface area contributed by atoms with Crippen molar-refractivity contribution >= 4 is 17.2 Å². The highest BCUT2D eigenvalue weighted by molar-refractivity contribution is 7.09. The molecule has 0 aliphatic rings. The summed E-state index contributed by atoms with van der Waals surface area (Å²) in [7, 11) is 0. The van der Waals surface area contributed by atoms with E-state index in [4.69, 9.17) is 5.73 Å². The third-order valence-electron chi connectivity index (χ3n) is 2.90. The lowest BCUT2D eigenvalue weighted by molar-refractivity contribution is -0.122. The van der Waals surface area contributed by atoms with Crippen LogP contribution in [-0.4, -0.2) is 18.0 Å². The molecule has 1 aromatic rings. The van der Waals surface area contributed by atoms with E-state index in [1.165, 1.54) is 4.88 Å². The van der Waals surface area contributed by atoms with Crippen LogP contribution in [0, 0.1) is 0 Å². The average molecular weight is 268 g/mol. The molecule has 3 N–H and O–H groups in total. The van der Waals surface area contributed by atoms with E-state index in [2.05, 4.69) is 22.8 Å². The number of carbonyl (C=O) groups excluding carboxylic acids is 1. The molecule has 0 radical (unpaired) electrons. The molecule has 3 nitrogen and oxygen atoms in total. The highest BCUT2D eigenvalue weighted by atomic mass is 32.1. The summed E-state index contributed by atoms with van der Waals surface area (Å²) in [5.41, 5.74) is 5.29. The molecule has 4 heteroatoms. The summed E-state index contributed by atoms with van der Waals surface area (Å²) in [4.78, 5) is 13.1. The van der Waals surface area contributed by atoms with Gasteiger partial charge in [-0.25, -0.2) is 0 Å². The first-order valence-electron chi connectivity index (χ1n) is 6.57. The fourth-order valence-electron chi connectivity index (χ4n) is 1.71. The topological polar surface area (TPSA) is 55.1 Å². The Morgan fingerprint density at radius 2 is 2.17 bits per heavy atom. The zero-order chi connectivity index (χ0) is 13.4. The lowest BCUT2D eigenvalue weighted by atomic mass is 10.1. The van der Waals surface area contributed by atoms with Crippen molar-refractivity contribution in [2.75, 3.05) is 6.54 Å². The minimum absolute atomic E-state index is 0.113. The lowest BCUT2D eigenvalue weighted by Gasteiger charge is -2.24. The maximum atomic E-state index is 11.6. The molecule has 0 fully saturated rings. The van der Waals surface area contributed by atoms with E-state index in [9.17, 15) is 4.79 Å². The molecular weight excluding hydrogens is 244 g/mol. The molecular formula is C14H24N2OS. The molecule has 0 bridgehead atoms. The van der Waals surface area contributed by atoms with Crippen molar-refractivity contribution < 1.29 is 4.79 Å². The average Bonchev–Trinajstić information content (AvgIpc) is 2.81. The Kier molecular flexibility index (Phi) is 6.36. The molecule has 0 spiro atoms. The van der Waals surface area contributed by atoms with Crippen molar-refractivity contribution in [3.05, 3.63) is 22.4 Å². The maximum Gasteiger partial charge on any atom is 0.220 e. The zero-order valence-electron chi connectivity index (χ0n) is 11.4. The van der Waals surface area contributed by atoms with Gasteiger partial charge in [0.1, 0.15) is 0 Å². The van der Waals surface area contributed by atoms with Crippen LogP contribution in [-0.2, 0) is 11.2 Å². The normalized spacial score (nSPS) is 11.5. The van der Waals surface area contributed by atoms with Crippen LogP contribution in [0.1, 0.15) is 44.4 Å². The van der Waals surface area contributed by atoms with Crippen molar-refractivity contribution in [2.24, 2.45) is 5.73 Å². The van der Waals surface area contributed by atoms with E-state index in [-0.39, 0.29) is 11.4 Å². The Balaban J connectivity index is 2.05. The Labute approximate surface area is 114 Å². The van der Waals surface area contributed by atoms with Crippen molar-refractivity contribution in [2.45, 2.75) is 51.5 Å². The van der Waals surface area contributed by atoms with Gasteiger partial charge in [-0.15, -0.1) is 11.3 Å². The Morgan fingerprint density at radius 1 is 1.39 bits per heavy atom. The summed E-state index contributed by atoms with van der Waals surface area (Å²) in [6.45, 7) is 4.36. The Hall–Kier alpha value is -0.870. The van der Waals surface area contributed by atoms with Crippen LogP contribution in [0.4, 0.5) is 0 Å². The van der Waals surface area contributed by atoms with Crippen LogP contribution in [0.2, 0.25) is 0 Å². The number of carbonyl (C=O) groups is 1. The molecule has 0 unspecified atom stereocenters. The zero-order valence-corrected chi connectivity index (χ0v) is 12.2. The molecule has 1 heterocycles. The molecule has 1 rings (SSSR count). The number of amides is 1. The fourth-order valence-corrected chi connectivity index (χ4v) is 2.46. The maximum absolute atomic E-state index is 11.6. The number of aryl methyl sites for hydroxylation is 1. The van der Waals surface area contributed by atoms with Crippen molar-refractivity contribution in [3.63, 3.8) is 0 Å². The summed E-state index contributed by atoms with van der Waals surface area (Å²) in [6, 6.07) is 4.25. The molecule has 18 heavy (non-hydrogen) atoms. The Morgan fingerprint density at radius 3 is 2.78 bits per heavy atom. The van der Waals surface area contributed by atoms with E-state index in [1.807, 2.05) is 13.8 Å². The minimum atomic E-state index is -0.284. The van der Waals surface area contributed by atoms with Crippen LogP contribution in [0.5, 0.6) is 0 Å². The van der Waals surface area contributed by atoms with E-state index in [0.717, 1.165) is 25.7 Å². The molecule has 1 amide bonds. The number of rotatable bonds is 8. The van der Waals surface area contributed by atoms with Crippen molar-refractivity contribution in [1.29, 1.82) is 0 Å². The van der Waals surface area contributed by atoms with Gasteiger partial charge in [-0.2, -0.15) is 0 Å². The monoisotopic (exact) mass is 268 g/mol. The highest BCUT2D eigenvalue weighted by Gasteiger charge is 2.17. The number of nitrogens with two attached hydrogens (primary N) is 1. The van der Waals surface area contributed by atoms with Crippen molar-refractivity contribution in [3.8, 4) is 0 Å². The van der Waals surface area contributed by atoms with Crippen LogP contribution in [0.25, 0.3) is 0 Å². The third kappa shape index (κ3) is 6.17. The molecule has 0 atom stereocenters. The van der Waals surface area contributed by atoms with Gasteiger partial charge in [0.05, 0.1) is 0 Å². The van der Waals surface area contributed by atoms with E-state index in [1.54, 1.807) is 11.3 Å². The first kappa shape index (κ1) is 15.2. The van der Waals surface area contributed by atoms with Gasteiger partial charge in [-0.3, -0.25) is 4.79 Å². The molecule has 0 saturated carbocycles. The fraction of sp³-hybridized carbons (Fsp3) is 0.643. The molecule has 0 saturated heterocycles. The quantitative estimate of drug-likeness (QED) is 0.712. The standard InChI is InChI=1S/C14H24N2OS/c1-14(2,11-15)16-13(17)9-5-3-4-7-12-8-6-10-18-12/h6,8,10H,3-5,7,9,11,15H2,1-2H3,(H,16,17). The SMILES string of the molecule is CC(C)(CN)NC(=O)CCCCCc1cccs1. The van der Waals surface area contributed by atoms with Gasteiger partial charge in [0.2, 0.25) is 5.91 Å². The number of hydrogen-bond donors (Lipinski definition) is 2. The van der Waals surface area contributed by atoms with E-state index >= 15 is 0 Å². The second kappa shape index (κ2) is 7.54. The summed E-state index contributed by atoms with van der Waals surface area (Å²) >= 11 is 1.80. The van der Waals surface area contributed by atoms with Gasteiger partial charge in [-0.05, 0) is 44.6 Å². The van der Waals surface area contributed by atoms with Gasteiger partial charge in [0, 0.05) is 23.4 Å². The summed E-state index contributed by atoms with van der Waals surface area (Å²) < 4.78 is 0. The second-order valence-electron chi connectivity index (χ2n) is 5.28. The van der Waals surface area contributed by atoms with E-state index in [0.29, 0.717) is 13.0 Å². The Bertz CT molecular complexity index is 347. The predicted molar refractivity (Wildman–Crippen MR) is 77.8 cm³/mol. The first-order valence-corrected chi connectivity index (χ1v) is 7.45. The molecule has 102 valence electrons.